The Balaban J connectivity index is 0.000000239. The Kier molecular flexibility index (Phi) is 27.9. The Morgan fingerprint density at radius 1 is 0.654 bits per heavy atom. The monoisotopic (exact) mass is 1230 g/mol. The first-order valence-electron chi connectivity index (χ1n) is 23.3. The second-order valence-corrected chi connectivity index (χ2v) is 20.2. The first kappa shape index (κ1) is 65.7. The zero-order chi connectivity index (χ0) is 59.4. The van der Waals surface area contributed by atoms with Gasteiger partial charge in [0.1, 0.15) is 49.1 Å². The van der Waals surface area contributed by atoms with Gasteiger partial charge in [0.25, 0.3) is 5.91 Å². The average Bonchev–Trinajstić information content (AvgIpc) is 4.32. The van der Waals surface area contributed by atoms with Crippen LogP contribution in [0.4, 0.5) is 0 Å². The molecule has 0 saturated carbocycles. The summed E-state index contributed by atoms with van der Waals surface area (Å²) in [6, 6.07) is 42.3. The molecule has 24 heteroatoms. The number of carboxylic acids is 3. The fourth-order valence-electron chi connectivity index (χ4n) is 6.72. The minimum Gasteiger partial charge on any atom is -0.497 e. The molecule has 0 radical (unpaired) electrons. The number of alkyl halides is 1. The molecule has 0 spiro atoms. The molecule has 2 aliphatic heterocycles. The first-order chi connectivity index (χ1) is 38.9. The average molecular weight is 1230 g/mol. The largest absolute Gasteiger partial charge is 0.497 e. The minimum absolute atomic E-state index is 0.0813. The van der Waals surface area contributed by atoms with Gasteiger partial charge in [0, 0.05) is 28.1 Å². The normalized spacial score (nSPS) is 12.5. The molecular formula is C57H50ClN3O14S6. The van der Waals surface area contributed by atoms with Crippen LogP contribution in [0, 0.1) is 0 Å². The van der Waals surface area contributed by atoms with Crippen LogP contribution in [-0.4, -0.2) is 107 Å². The fraction of sp³-hybridized carbons (Fsp3) is 0.140. The van der Waals surface area contributed by atoms with Crippen LogP contribution in [0.3, 0.4) is 0 Å². The lowest BCUT2D eigenvalue weighted by atomic mass is 10.1. The number of aldehydes is 1. The Morgan fingerprint density at radius 2 is 1.07 bits per heavy atom. The number of amides is 2. The highest BCUT2D eigenvalue weighted by molar-refractivity contribution is 8.26. The number of hydrogen-bond donors (Lipinski definition) is 4. The van der Waals surface area contributed by atoms with Crippen molar-refractivity contribution in [2.24, 2.45) is 5.73 Å². The second-order valence-electron chi connectivity index (χ2n) is 16.0. The number of thioether (sulfide) groups is 2. The highest BCUT2D eigenvalue weighted by Gasteiger charge is 2.32. The summed E-state index contributed by atoms with van der Waals surface area (Å²) in [7, 11) is 4.87. The van der Waals surface area contributed by atoms with Crippen LogP contribution < -0.4 is 19.9 Å². The van der Waals surface area contributed by atoms with Crippen molar-refractivity contribution in [1.29, 1.82) is 0 Å². The topological polar surface area (TPSA) is 250 Å². The van der Waals surface area contributed by atoms with Crippen molar-refractivity contribution >= 4 is 139 Å². The quantitative estimate of drug-likeness (QED) is 0.0322. The lowest BCUT2D eigenvalue weighted by Gasteiger charge is -2.15. The molecule has 0 unspecified atom stereocenters. The summed E-state index contributed by atoms with van der Waals surface area (Å²) in [6.07, 6.45) is 2.29. The van der Waals surface area contributed by atoms with Crippen molar-refractivity contribution in [3.63, 3.8) is 0 Å². The number of methoxy groups -OCH3 is 3. The maximum atomic E-state index is 12.9. The summed E-state index contributed by atoms with van der Waals surface area (Å²) in [5.74, 6) is 1.38. The van der Waals surface area contributed by atoms with Gasteiger partial charge in [-0.15, -0.1) is 11.6 Å². The lowest BCUT2D eigenvalue weighted by Crippen LogP contribution is -2.27. The van der Waals surface area contributed by atoms with Crippen molar-refractivity contribution in [1.82, 2.24) is 9.80 Å². The van der Waals surface area contributed by atoms with E-state index in [0.29, 0.717) is 62.5 Å². The number of nitrogens with two attached hydrogens (primary N) is 1. The summed E-state index contributed by atoms with van der Waals surface area (Å²) in [5.41, 5.74) is 10.4. The molecule has 2 amide bonds. The highest BCUT2D eigenvalue weighted by Crippen LogP contribution is 2.35. The minimum atomic E-state index is -0.984. The number of aliphatic carboxylic acids is 1. The van der Waals surface area contributed by atoms with Gasteiger partial charge in [-0.25, -0.2) is 9.59 Å². The van der Waals surface area contributed by atoms with E-state index in [9.17, 15) is 28.8 Å². The van der Waals surface area contributed by atoms with Gasteiger partial charge >= 0.3 is 17.9 Å². The standard InChI is InChI=1S/C23H17NO5S2.C12H8O4.C11H11NO2S2.C8H11NO.C2H3ClO2.CS2/c1-28-17-4-2-3-14(11-17)13-24-21(25)20(31-23(24)30)12-18-9-10-19(29-18)15-5-7-16(8-6-15)22(26)27;13-7-10-5-6-11(16-10)8-1-3-9(4-2-8)12(14)15;1-14-9-4-2-3-8(5-9)6-12-10(13)7-16-11(12)15;1-10-8-4-2-3-7(5-8)6-9;3-1-2(4)5;2-1-3/h2-12H,13H2,1H3,(H,26,27);1-7H,(H,14,15);2-5H,6-7H2,1H3;2-5H,6,9H2,1H3;1H2,(H,4,5);/b20-12-;;;;;. The van der Waals surface area contributed by atoms with Crippen molar-refractivity contribution in [2.75, 3.05) is 33.0 Å². The molecule has 0 bridgehead atoms. The zero-order valence-electron chi connectivity index (χ0n) is 43.2. The van der Waals surface area contributed by atoms with Crippen LogP contribution in [0.15, 0.2) is 159 Å². The van der Waals surface area contributed by atoms with Gasteiger partial charge < -0.3 is 44.1 Å². The summed E-state index contributed by atoms with van der Waals surface area (Å²) < 4.78 is 29.5. The van der Waals surface area contributed by atoms with E-state index in [0.717, 1.165) is 45.1 Å². The van der Waals surface area contributed by atoms with Crippen molar-refractivity contribution in [2.45, 2.75) is 19.6 Å². The molecule has 7 aromatic rings. The Bertz CT molecular complexity index is 3340. The molecule has 2 fully saturated rings. The van der Waals surface area contributed by atoms with Crippen molar-refractivity contribution < 1.29 is 67.1 Å². The predicted octanol–water partition coefficient (Wildman–Crippen LogP) is 12.0. The number of nitrogens with zero attached hydrogens (tertiary/aromatic N) is 2. The maximum Gasteiger partial charge on any atom is 0.335 e. The predicted molar refractivity (Wildman–Crippen MR) is 327 cm³/mol. The Labute approximate surface area is 500 Å². The summed E-state index contributed by atoms with van der Waals surface area (Å²) >= 11 is 25.8. The number of furan rings is 2. The molecule has 0 atom stereocenters. The zero-order valence-corrected chi connectivity index (χ0v) is 48.8. The van der Waals surface area contributed by atoms with E-state index in [4.69, 9.17) is 80.1 Å². The Morgan fingerprint density at radius 3 is 1.46 bits per heavy atom. The van der Waals surface area contributed by atoms with Gasteiger partial charge in [-0.1, -0.05) is 109 Å². The van der Waals surface area contributed by atoms with Crippen LogP contribution in [-0.2, 0) is 34.0 Å². The van der Waals surface area contributed by atoms with Crippen LogP contribution >= 0.6 is 84.0 Å². The van der Waals surface area contributed by atoms with E-state index in [2.05, 4.69) is 24.4 Å². The molecule has 420 valence electrons. The van der Waals surface area contributed by atoms with Gasteiger partial charge in [-0.05, 0) is 126 Å². The van der Waals surface area contributed by atoms with Crippen molar-refractivity contribution in [3.05, 3.63) is 190 Å². The number of carbonyl (C=O) groups is 6. The number of carboxylic acid groups (broad SMARTS) is 3. The molecule has 5 N–H and O–H groups in total. The van der Waals surface area contributed by atoms with Gasteiger partial charge in [0.2, 0.25) is 5.91 Å². The van der Waals surface area contributed by atoms with E-state index in [1.54, 1.807) is 85.7 Å². The van der Waals surface area contributed by atoms with Gasteiger partial charge in [-0.3, -0.25) is 29.0 Å². The molecule has 17 nitrogen and oxygen atoms in total. The van der Waals surface area contributed by atoms with E-state index < -0.39 is 17.9 Å². The molecule has 2 aromatic heterocycles. The SMILES string of the molecule is COc1cccc(CN)c1.COc1cccc(CN2C(=O)/C(=C/c3ccc(-c4ccc(C(=O)O)cc4)o3)SC2=S)c1.COc1cccc(CN2C(=O)CSC2=S)c1.O=C(O)CCl.O=Cc1ccc(-c2ccc(C(=O)O)cc2)o1.S=C=S. The molecule has 2 saturated heterocycles. The number of ether oxygens (including phenoxy) is 3. The summed E-state index contributed by atoms with van der Waals surface area (Å²) in [6.45, 7) is 1.46. The third-order valence-electron chi connectivity index (χ3n) is 10.6. The van der Waals surface area contributed by atoms with Crippen LogP contribution in [0.5, 0.6) is 17.2 Å². The van der Waals surface area contributed by atoms with E-state index in [1.165, 1.54) is 47.8 Å². The number of carbonyl (C=O) groups excluding carboxylic acids is 3. The number of thiocarbonyl (C=S) groups is 4. The molecule has 81 heavy (non-hydrogen) atoms. The number of benzene rings is 5. The third-order valence-corrected chi connectivity index (χ3v) is 13.7. The third kappa shape index (κ3) is 21.3. The number of hydrogen-bond acceptors (Lipinski definition) is 18. The summed E-state index contributed by atoms with van der Waals surface area (Å²) in [5, 5.41) is 25.3. The van der Waals surface area contributed by atoms with Crippen LogP contribution in [0.25, 0.3) is 28.7 Å². The van der Waals surface area contributed by atoms with Crippen molar-refractivity contribution in [3.8, 4) is 39.9 Å². The van der Waals surface area contributed by atoms with E-state index in [1.807, 2.05) is 77.1 Å². The fourth-order valence-corrected chi connectivity index (χ4v) is 9.02. The number of aromatic carboxylic acids is 2. The van der Waals surface area contributed by atoms with Gasteiger partial charge in [0.15, 0.2) is 12.0 Å². The molecule has 0 aliphatic carbocycles. The van der Waals surface area contributed by atoms with Crippen LogP contribution in [0.2, 0.25) is 0 Å². The number of halogens is 1. The smallest absolute Gasteiger partial charge is 0.335 e. The highest BCUT2D eigenvalue weighted by atomic mass is 35.5. The molecule has 5 aromatic carbocycles. The lowest BCUT2D eigenvalue weighted by molar-refractivity contribution is -0.134. The van der Waals surface area contributed by atoms with Crippen LogP contribution in [0.1, 0.15) is 53.7 Å². The second kappa shape index (κ2) is 34.3. The molecule has 4 heterocycles. The molecular weight excluding hydrogens is 1180 g/mol. The van der Waals surface area contributed by atoms with E-state index in [-0.39, 0.29) is 34.6 Å². The maximum absolute atomic E-state index is 12.9. The van der Waals surface area contributed by atoms with Gasteiger partial charge in [0.05, 0.1) is 56.2 Å². The number of rotatable bonds is 15. The Hall–Kier alpha value is -7.83. The first-order valence-corrected chi connectivity index (χ1v) is 27.3. The van der Waals surface area contributed by atoms with Gasteiger partial charge in [-0.2, -0.15) is 0 Å². The molecule has 2 aliphatic rings. The summed E-state index contributed by atoms with van der Waals surface area (Å²) in [4.78, 5) is 69.4. The van der Waals surface area contributed by atoms with E-state index >= 15 is 0 Å². The molecule has 9 rings (SSSR count).